The molecule has 0 fully saturated rings. The first kappa shape index (κ1) is 14.5. The van der Waals surface area contributed by atoms with E-state index in [2.05, 4.69) is 0 Å². The largest absolute Gasteiger partial charge is 0.398 e. The van der Waals surface area contributed by atoms with Gasteiger partial charge in [-0.1, -0.05) is 11.6 Å². The Morgan fingerprint density at radius 3 is 2.40 bits per heavy atom. The van der Waals surface area contributed by atoms with Crippen LogP contribution in [-0.2, 0) is 10.0 Å². The smallest absolute Gasteiger partial charge is 0.264 e. The van der Waals surface area contributed by atoms with Gasteiger partial charge in [0.15, 0.2) is 0 Å². The zero-order valence-electron chi connectivity index (χ0n) is 9.90. The fourth-order valence-corrected chi connectivity index (χ4v) is 2.88. The zero-order chi connectivity index (χ0) is 14.9. The van der Waals surface area contributed by atoms with Crippen LogP contribution >= 0.6 is 11.6 Å². The monoisotopic (exact) mass is 318 g/mol. The molecule has 0 aliphatic heterocycles. The predicted octanol–water partition coefficient (Wildman–Crippen LogP) is 3.00. The Morgan fingerprint density at radius 1 is 1.10 bits per heavy atom. The highest BCUT2D eigenvalue weighted by Gasteiger charge is 2.19. The Labute approximate surface area is 119 Å². The molecule has 0 aromatic heterocycles. The molecule has 0 saturated heterocycles. The molecule has 2 rings (SSSR count). The zero-order valence-corrected chi connectivity index (χ0v) is 11.5. The summed E-state index contributed by atoms with van der Waals surface area (Å²) in [6.45, 7) is 0. The number of sulfonamides is 1. The van der Waals surface area contributed by atoms with Crippen molar-refractivity contribution in [3.63, 3.8) is 0 Å². The van der Waals surface area contributed by atoms with Gasteiger partial charge in [-0.3, -0.25) is 4.72 Å². The summed E-state index contributed by atoms with van der Waals surface area (Å²) < 4.78 is 52.6. The SMILES string of the molecule is Nc1cc(F)ccc1S(=O)(=O)Nc1ccc(Cl)cc1F. The molecule has 0 atom stereocenters. The summed E-state index contributed by atoms with van der Waals surface area (Å²) >= 11 is 5.57. The number of nitrogens with one attached hydrogen (secondary N) is 1. The predicted molar refractivity (Wildman–Crippen MR) is 73.0 cm³/mol. The normalized spacial score (nSPS) is 11.3. The first-order valence-corrected chi connectivity index (χ1v) is 7.18. The molecular weight excluding hydrogens is 310 g/mol. The maximum absolute atomic E-state index is 13.6. The highest BCUT2D eigenvalue weighted by molar-refractivity contribution is 7.92. The van der Waals surface area contributed by atoms with Crippen molar-refractivity contribution in [2.75, 3.05) is 10.5 Å². The fraction of sp³-hybridized carbons (Fsp3) is 0. The molecule has 0 amide bonds. The summed E-state index contributed by atoms with van der Waals surface area (Å²) in [5.74, 6) is -1.50. The third kappa shape index (κ3) is 3.00. The Hall–Kier alpha value is -1.86. The van der Waals surface area contributed by atoms with Gasteiger partial charge < -0.3 is 5.73 Å². The molecule has 0 aliphatic carbocycles. The number of nitrogen functional groups attached to an aromatic ring is 1. The van der Waals surface area contributed by atoms with Crippen molar-refractivity contribution in [3.8, 4) is 0 Å². The van der Waals surface area contributed by atoms with Crippen molar-refractivity contribution in [2.45, 2.75) is 4.90 Å². The van der Waals surface area contributed by atoms with Crippen LogP contribution < -0.4 is 10.5 Å². The lowest BCUT2D eigenvalue weighted by Crippen LogP contribution is -2.15. The Kier molecular flexibility index (Phi) is 3.82. The molecule has 0 spiro atoms. The minimum Gasteiger partial charge on any atom is -0.398 e. The lowest BCUT2D eigenvalue weighted by atomic mass is 10.3. The highest BCUT2D eigenvalue weighted by Crippen LogP contribution is 2.25. The van der Waals surface area contributed by atoms with Crippen LogP contribution in [0.1, 0.15) is 0 Å². The summed E-state index contributed by atoms with van der Waals surface area (Å²) in [7, 11) is -4.12. The van der Waals surface area contributed by atoms with E-state index in [-0.39, 0.29) is 21.3 Å². The Balaban J connectivity index is 2.41. The van der Waals surface area contributed by atoms with Crippen LogP contribution in [0.4, 0.5) is 20.2 Å². The molecule has 2 aromatic carbocycles. The molecule has 0 heterocycles. The number of hydrogen-bond acceptors (Lipinski definition) is 3. The van der Waals surface area contributed by atoms with Gasteiger partial charge in [0, 0.05) is 5.02 Å². The summed E-state index contributed by atoms with van der Waals surface area (Å²) in [4.78, 5) is -0.340. The quantitative estimate of drug-likeness (QED) is 0.854. The molecule has 2 aromatic rings. The third-order valence-electron chi connectivity index (χ3n) is 2.44. The van der Waals surface area contributed by atoms with E-state index >= 15 is 0 Å². The van der Waals surface area contributed by atoms with Crippen molar-refractivity contribution in [3.05, 3.63) is 53.1 Å². The van der Waals surface area contributed by atoms with E-state index in [0.29, 0.717) is 0 Å². The average molecular weight is 319 g/mol. The lowest BCUT2D eigenvalue weighted by Gasteiger charge is -2.11. The van der Waals surface area contributed by atoms with Gasteiger partial charge in [-0.2, -0.15) is 0 Å². The third-order valence-corrected chi connectivity index (χ3v) is 4.11. The maximum Gasteiger partial charge on any atom is 0.264 e. The molecule has 106 valence electrons. The van der Waals surface area contributed by atoms with E-state index < -0.39 is 21.7 Å². The van der Waals surface area contributed by atoms with E-state index in [1.807, 2.05) is 4.72 Å². The van der Waals surface area contributed by atoms with Gasteiger partial charge in [-0.25, -0.2) is 17.2 Å². The maximum atomic E-state index is 13.6. The van der Waals surface area contributed by atoms with Gasteiger partial charge in [0.05, 0.1) is 11.4 Å². The molecule has 0 radical (unpaired) electrons. The van der Waals surface area contributed by atoms with Crippen molar-refractivity contribution in [1.82, 2.24) is 0 Å². The molecule has 0 unspecified atom stereocenters. The number of nitrogens with two attached hydrogens (primary N) is 1. The number of hydrogen-bond donors (Lipinski definition) is 2. The molecule has 4 nitrogen and oxygen atoms in total. The number of rotatable bonds is 3. The van der Waals surface area contributed by atoms with Crippen LogP contribution in [0.25, 0.3) is 0 Å². The standard InChI is InChI=1S/C12H9ClF2N2O2S/c13-7-1-3-11(9(15)5-7)17-20(18,19)12-4-2-8(14)6-10(12)16/h1-6,17H,16H2. The number of benzene rings is 2. The fourth-order valence-electron chi connectivity index (χ4n) is 1.54. The minimum atomic E-state index is -4.12. The van der Waals surface area contributed by atoms with Gasteiger partial charge in [0.2, 0.25) is 0 Å². The average Bonchev–Trinajstić information content (AvgIpc) is 2.32. The summed E-state index contributed by atoms with van der Waals surface area (Å²) in [6.07, 6.45) is 0. The second-order valence-electron chi connectivity index (χ2n) is 3.91. The van der Waals surface area contributed by atoms with E-state index in [0.717, 1.165) is 24.3 Å². The van der Waals surface area contributed by atoms with Crippen LogP contribution in [0.15, 0.2) is 41.3 Å². The van der Waals surface area contributed by atoms with Gasteiger partial charge in [0.25, 0.3) is 10.0 Å². The van der Waals surface area contributed by atoms with Crippen LogP contribution in [0, 0.1) is 11.6 Å². The first-order valence-electron chi connectivity index (χ1n) is 5.32. The van der Waals surface area contributed by atoms with E-state index in [1.54, 1.807) is 0 Å². The summed E-state index contributed by atoms with van der Waals surface area (Å²) in [6, 6.07) is 6.29. The van der Waals surface area contributed by atoms with Gasteiger partial charge >= 0.3 is 0 Å². The van der Waals surface area contributed by atoms with Crippen LogP contribution in [0.5, 0.6) is 0 Å². The second kappa shape index (κ2) is 5.26. The Morgan fingerprint density at radius 2 is 1.80 bits per heavy atom. The molecule has 20 heavy (non-hydrogen) atoms. The molecule has 0 saturated carbocycles. The Bertz CT molecular complexity index is 766. The molecule has 8 heteroatoms. The lowest BCUT2D eigenvalue weighted by molar-refractivity contribution is 0.597. The van der Waals surface area contributed by atoms with Crippen molar-refractivity contribution in [1.29, 1.82) is 0 Å². The van der Waals surface area contributed by atoms with Crippen LogP contribution in [0.2, 0.25) is 5.02 Å². The van der Waals surface area contributed by atoms with Crippen molar-refractivity contribution >= 4 is 33.0 Å². The minimum absolute atomic E-state index is 0.131. The molecule has 0 aliphatic rings. The van der Waals surface area contributed by atoms with Gasteiger partial charge in [0.1, 0.15) is 16.5 Å². The van der Waals surface area contributed by atoms with Crippen LogP contribution in [0.3, 0.4) is 0 Å². The van der Waals surface area contributed by atoms with Crippen molar-refractivity contribution < 1.29 is 17.2 Å². The number of halogens is 3. The summed E-state index contributed by atoms with van der Waals surface area (Å²) in [5.41, 5.74) is 4.90. The van der Waals surface area contributed by atoms with Gasteiger partial charge in [-0.05, 0) is 36.4 Å². The topological polar surface area (TPSA) is 72.2 Å². The van der Waals surface area contributed by atoms with E-state index in [4.69, 9.17) is 17.3 Å². The highest BCUT2D eigenvalue weighted by atomic mass is 35.5. The van der Waals surface area contributed by atoms with Crippen molar-refractivity contribution in [2.24, 2.45) is 0 Å². The first-order chi connectivity index (χ1) is 9.29. The second-order valence-corrected chi connectivity index (χ2v) is 6.00. The summed E-state index contributed by atoms with van der Waals surface area (Å²) in [5, 5.41) is 0.131. The molecule has 0 bridgehead atoms. The van der Waals surface area contributed by atoms with Crippen LogP contribution in [-0.4, -0.2) is 8.42 Å². The van der Waals surface area contributed by atoms with E-state index in [9.17, 15) is 17.2 Å². The number of anilines is 2. The molecular formula is C12H9ClF2N2O2S. The van der Waals surface area contributed by atoms with E-state index in [1.165, 1.54) is 12.1 Å². The van der Waals surface area contributed by atoms with Gasteiger partial charge in [-0.15, -0.1) is 0 Å². The molecule has 3 N–H and O–H groups in total.